The summed E-state index contributed by atoms with van der Waals surface area (Å²) >= 11 is 12.4. The van der Waals surface area contributed by atoms with Crippen LogP contribution in [0.4, 0.5) is 0 Å². The molecule has 0 radical (unpaired) electrons. The number of carboxylic acids is 1. The highest BCUT2D eigenvalue weighted by Gasteiger charge is 2.34. The van der Waals surface area contributed by atoms with Crippen LogP contribution in [0.15, 0.2) is 48.7 Å². The van der Waals surface area contributed by atoms with Gasteiger partial charge in [0, 0.05) is 18.1 Å². The molecule has 1 aliphatic heterocycles. The monoisotopic (exact) mass is 530 g/mol. The summed E-state index contributed by atoms with van der Waals surface area (Å²) in [5.74, 6) is -0.482. The molecule has 3 aromatic rings. The van der Waals surface area contributed by atoms with E-state index < -0.39 is 18.0 Å². The molecular weight excluding hydrogens is 499 g/mol. The number of nitrogens with zero attached hydrogens (tertiary/aromatic N) is 2. The lowest BCUT2D eigenvalue weighted by atomic mass is 9.81. The van der Waals surface area contributed by atoms with Gasteiger partial charge in [0.05, 0.1) is 34.7 Å². The Morgan fingerprint density at radius 1 is 1.25 bits per heavy atom. The van der Waals surface area contributed by atoms with Gasteiger partial charge in [-0.05, 0) is 92.6 Å². The molecule has 2 aromatic carbocycles. The van der Waals surface area contributed by atoms with Crippen LogP contribution in [-0.2, 0) is 11.2 Å². The van der Waals surface area contributed by atoms with E-state index in [1.807, 2.05) is 36.4 Å². The van der Waals surface area contributed by atoms with Crippen LogP contribution in [0, 0.1) is 11.8 Å². The van der Waals surface area contributed by atoms with Crippen molar-refractivity contribution in [2.45, 2.75) is 38.2 Å². The Hall–Kier alpha value is -2.38. The summed E-state index contributed by atoms with van der Waals surface area (Å²) in [5, 5.41) is 23.0. The summed E-state index contributed by atoms with van der Waals surface area (Å²) in [6, 6.07) is 13.1. The molecule has 0 amide bonds. The molecule has 4 rings (SSSR count). The van der Waals surface area contributed by atoms with E-state index in [0.717, 1.165) is 54.4 Å². The fraction of sp³-hybridized carbons (Fsp3) is 0.429. The molecule has 8 heteroatoms. The lowest BCUT2D eigenvalue weighted by molar-refractivity contribution is -0.146. The number of aromatic nitrogens is 1. The second-order valence-electron chi connectivity index (χ2n) is 9.49. The number of aryl methyl sites for hydroxylation is 1. The zero-order valence-electron chi connectivity index (χ0n) is 20.4. The minimum absolute atomic E-state index is 0.0263. The van der Waals surface area contributed by atoms with Crippen LogP contribution in [0.1, 0.15) is 42.9 Å². The molecule has 1 saturated heterocycles. The number of benzene rings is 2. The molecule has 6 nitrogen and oxygen atoms in total. The lowest BCUT2D eigenvalue weighted by Gasteiger charge is -2.37. The number of aliphatic hydroxyl groups is 1. The van der Waals surface area contributed by atoms with E-state index in [4.69, 9.17) is 27.9 Å². The number of aliphatic hydroxyl groups excluding tert-OH is 1. The standard InChI is InChI=1S/C28H32Cl2N2O4/c1-36-20-8-9-25-22(16-20)21(11-13-31-25)26(33)10-7-18-12-15-32(17-23(18)28(34)35)14-3-5-19-4-2-6-24(29)27(19)30/h2,4,6,8-9,11,13,16,18,23,26,33H,3,5,7,10,12,14-15,17H2,1H3,(H,34,35)/t18-,23+,26+/m1/s1. The molecule has 3 atom stereocenters. The number of carboxylic acid groups (broad SMARTS) is 1. The number of fused-ring (bicyclic) bond motifs is 1. The minimum atomic E-state index is -0.767. The van der Waals surface area contributed by atoms with Crippen molar-refractivity contribution >= 4 is 40.1 Å². The lowest BCUT2D eigenvalue weighted by Crippen LogP contribution is -2.44. The molecule has 192 valence electrons. The summed E-state index contributed by atoms with van der Waals surface area (Å²) in [4.78, 5) is 18.7. The molecule has 0 bridgehead atoms. The largest absolute Gasteiger partial charge is 0.497 e. The van der Waals surface area contributed by atoms with Gasteiger partial charge < -0.3 is 19.8 Å². The molecule has 0 unspecified atom stereocenters. The van der Waals surface area contributed by atoms with E-state index in [-0.39, 0.29) is 5.92 Å². The van der Waals surface area contributed by atoms with Gasteiger partial charge in [0.1, 0.15) is 5.75 Å². The summed E-state index contributed by atoms with van der Waals surface area (Å²) in [5.41, 5.74) is 2.61. The number of likely N-dealkylation sites (tertiary alicyclic amines) is 1. The van der Waals surface area contributed by atoms with Crippen LogP contribution in [0.3, 0.4) is 0 Å². The molecule has 1 aliphatic rings. The summed E-state index contributed by atoms with van der Waals surface area (Å²) < 4.78 is 5.33. The molecule has 0 saturated carbocycles. The SMILES string of the molecule is COc1ccc2nccc([C@@H](O)CC[C@@H]3CCN(CCCc4cccc(Cl)c4Cl)C[C@@H]3C(=O)O)c2c1. The topological polar surface area (TPSA) is 82.9 Å². The van der Waals surface area contributed by atoms with Crippen molar-refractivity contribution in [3.05, 3.63) is 69.8 Å². The van der Waals surface area contributed by atoms with Crippen LogP contribution in [0.5, 0.6) is 5.75 Å². The van der Waals surface area contributed by atoms with Crippen LogP contribution in [0.25, 0.3) is 10.9 Å². The molecule has 2 N–H and O–H groups in total. The molecule has 36 heavy (non-hydrogen) atoms. The van der Waals surface area contributed by atoms with E-state index in [1.165, 1.54) is 0 Å². The Morgan fingerprint density at radius 2 is 2.08 bits per heavy atom. The van der Waals surface area contributed by atoms with Gasteiger partial charge in [-0.2, -0.15) is 0 Å². The second kappa shape index (κ2) is 12.2. The average molecular weight is 531 g/mol. The summed E-state index contributed by atoms with van der Waals surface area (Å²) in [7, 11) is 1.61. The van der Waals surface area contributed by atoms with Crippen molar-refractivity contribution in [3.8, 4) is 5.75 Å². The zero-order valence-corrected chi connectivity index (χ0v) is 21.9. The predicted molar refractivity (Wildman–Crippen MR) is 143 cm³/mol. The Balaban J connectivity index is 1.33. The number of rotatable bonds is 10. The Morgan fingerprint density at radius 3 is 2.86 bits per heavy atom. The maximum absolute atomic E-state index is 12.1. The first kappa shape index (κ1) is 26.7. The summed E-state index contributed by atoms with van der Waals surface area (Å²) in [6.45, 7) is 2.19. The zero-order chi connectivity index (χ0) is 25.7. The molecular formula is C28H32Cl2N2O4. The van der Waals surface area contributed by atoms with Crippen molar-refractivity contribution in [2.75, 3.05) is 26.7 Å². The Bertz CT molecular complexity index is 1210. The van der Waals surface area contributed by atoms with Crippen LogP contribution in [0.2, 0.25) is 10.0 Å². The number of methoxy groups -OCH3 is 1. The third-order valence-corrected chi connectivity index (χ3v) is 8.12. The van der Waals surface area contributed by atoms with Crippen molar-refractivity contribution in [3.63, 3.8) is 0 Å². The van der Waals surface area contributed by atoms with Crippen LogP contribution in [-0.4, -0.2) is 52.8 Å². The molecule has 0 aliphatic carbocycles. The Kier molecular flexibility index (Phi) is 9.07. The highest BCUT2D eigenvalue weighted by Crippen LogP contribution is 2.34. The van der Waals surface area contributed by atoms with Gasteiger partial charge in [0.25, 0.3) is 0 Å². The van der Waals surface area contributed by atoms with Crippen molar-refractivity contribution in [1.82, 2.24) is 9.88 Å². The minimum Gasteiger partial charge on any atom is -0.497 e. The van der Waals surface area contributed by atoms with Gasteiger partial charge in [-0.1, -0.05) is 35.3 Å². The van der Waals surface area contributed by atoms with Gasteiger partial charge in [-0.25, -0.2) is 0 Å². The number of hydrogen-bond acceptors (Lipinski definition) is 5. The van der Waals surface area contributed by atoms with Crippen molar-refractivity contribution in [1.29, 1.82) is 0 Å². The number of carbonyl (C=O) groups is 1. The van der Waals surface area contributed by atoms with Crippen molar-refractivity contribution < 1.29 is 19.7 Å². The summed E-state index contributed by atoms with van der Waals surface area (Å²) in [6.07, 6.45) is 4.63. The number of ether oxygens (including phenoxy) is 1. The van der Waals surface area contributed by atoms with E-state index in [1.54, 1.807) is 19.4 Å². The van der Waals surface area contributed by atoms with E-state index >= 15 is 0 Å². The van der Waals surface area contributed by atoms with Gasteiger partial charge in [-0.3, -0.25) is 9.78 Å². The van der Waals surface area contributed by atoms with Gasteiger partial charge >= 0.3 is 5.97 Å². The maximum atomic E-state index is 12.1. The quantitative estimate of drug-likeness (QED) is 0.333. The fourth-order valence-electron chi connectivity index (χ4n) is 5.22. The smallest absolute Gasteiger partial charge is 0.308 e. The number of aliphatic carboxylic acids is 1. The second-order valence-corrected chi connectivity index (χ2v) is 10.3. The van der Waals surface area contributed by atoms with E-state index in [2.05, 4.69) is 9.88 Å². The average Bonchev–Trinajstić information content (AvgIpc) is 2.89. The third kappa shape index (κ3) is 6.30. The van der Waals surface area contributed by atoms with Crippen LogP contribution < -0.4 is 4.74 Å². The number of halogens is 2. The third-order valence-electron chi connectivity index (χ3n) is 7.26. The van der Waals surface area contributed by atoms with E-state index in [9.17, 15) is 15.0 Å². The van der Waals surface area contributed by atoms with Gasteiger partial charge in [0.15, 0.2) is 0 Å². The fourth-order valence-corrected chi connectivity index (χ4v) is 5.64. The van der Waals surface area contributed by atoms with Gasteiger partial charge in [-0.15, -0.1) is 0 Å². The molecule has 0 spiro atoms. The maximum Gasteiger partial charge on any atom is 0.308 e. The predicted octanol–water partition coefficient (Wildman–Crippen LogP) is 6.02. The van der Waals surface area contributed by atoms with E-state index in [0.29, 0.717) is 35.2 Å². The molecule has 1 aromatic heterocycles. The van der Waals surface area contributed by atoms with Crippen LogP contribution >= 0.6 is 23.2 Å². The molecule has 2 heterocycles. The number of hydrogen-bond donors (Lipinski definition) is 2. The first-order valence-corrected chi connectivity index (χ1v) is 13.1. The normalized spacial score (nSPS) is 19.3. The first-order valence-electron chi connectivity index (χ1n) is 12.4. The molecule has 1 fully saturated rings. The highest BCUT2D eigenvalue weighted by atomic mass is 35.5. The van der Waals surface area contributed by atoms with Gasteiger partial charge in [0.2, 0.25) is 0 Å². The highest BCUT2D eigenvalue weighted by molar-refractivity contribution is 6.42. The number of piperidine rings is 1. The Labute approximate surface area is 221 Å². The number of pyridine rings is 1. The first-order chi connectivity index (χ1) is 17.4. The van der Waals surface area contributed by atoms with Crippen molar-refractivity contribution in [2.24, 2.45) is 11.8 Å².